The lowest BCUT2D eigenvalue weighted by Gasteiger charge is -2.09. The fourth-order valence-corrected chi connectivity index (χ4v) is 2.32. The molecule has 5 nitrogen and oxygen atoms in total. The summed E-state index contributed by atoms with van der Waals surface area (Å²) in [4.78, 5) is 4.47. The van der Waals surface area contributed by atoms with Crippen molar-refractivity contribution < 1.29 is 14.0 Å². The number of hydrogen-bond acceptors (Lipinski definition) is 5. The number of methoxy groups -OCH3 is 1. The highest BCUT2D eigenvalue weighted by atomic mass is 16.5. The SMILES string of the molecule is CCOc1cc(-c2noc(-c3cccc(C)c3)n2)ccc1OC. The van der Waals surface area contributed by atoms with Gasteiger partial charge in [0.05, 0.1) is 13.7 Å². The normalized spacial score (nSPS) is 10.6. The Labute approximate surface area is 134 Å². The summed E-state index contributed by atoms with van der Waals surface area (Å²) in [6, 6.07) is 13.5. The number of aryl methyl sites for hydroxylation is 1. The first-order valence-corrected chi connectivity index (χ1v) is 7.43. The van der Waals surface area contributed by atoms with Gasteiger partial charge in [0.2, 0.25) is 5.82 Å². The Kier molecular flexibility index (Phi) is 4.28. The molecule has 0 N–H and O–H groups in total. The Morgan fingerprint density at radius 3 is 2.65 bits per heavy atom. The lowest BCUT2D eigenvalue weighted by molar-refractivity contribution is 0.311. The van der Waals surface area contributed by atoms with E-state index in [9.17, 15) is 0 Å². The minimum absolute atomic E-state index is 0.498. The van der Waals surface area contributed by atoms with Crippen molar-refractivity contribution in [3.63, 3.8) is 0 Å². The molecule has 3 aromatic rings. The Hall–Kier alpha value is -2.82. The molecule has 0 aliphatic carbocycles. The number of hydrogen-bond donors (Lipinski definition) is 0. The van der Waals surface area contributed by atoms with Gasteiger partial charge in [-0.2, -0.15) is 4.98 Å². The minimum atomic E-state index is 0.498. The summed E-state index contributed by atoms with van der Waals surface area (Å²) in [7, 11) is 1.61. The van der Waals surface area contributed by atoms with Crippen LogP contribution in [0.3, 0.4) is 0 Å². The molecule has 0 spiro atoms. The predicted octanol–water partition coefficient (Wildman–Crippen LogP) is 4.12. The van der Waals surface area contributed by atoms with E-state index in [0.717, 1.165) is 16.7 Å². The molecule has 118 valence electrons. The Balaban J connectivity index is 1.95. The molecule has 1 aromatic heterocycles. The maximum Gasteiger partial charge on any atom is 0.258 e. The number of nitrogens with zero attached hydrogens (tertiary/aromatic N) is 2. The molecule has 0 saturated heterocycles. The first-order chi connectivity index (χ1) is 11.2. The van der Waals surface area contributed by atoms with Crippen LogP contribution < -0.4 is 9.47 Å². The van der Waals surface area contributed by atoms with Crippen molar-refractivity contribution >= 4 is 0 Å². The van der Waals surface area contributed by atoms with Crippen LogP contribution in [0.4, 0.5) is 0 Å². The highest BCUT2D eigenvalue weighted by molar-refractivity contribution is 5.63. The molecule has 0 saturated carbocycles. The third-order valence-electron chi connectivity index (χ3n) is 3.41. The van der Waals surface area contributed by atoms with Crippen LogP contribution >= 0.6 is 0 Å². The molecular formula is C18H18N2O3. The predicted molar refractivity (Wildman–Crippen MR) is 87.6 cm³/mol. The molecule has 0 bridgehead atoms. The summed E-state index contributed by atoms with van der Waals surface area (Å²) in [6.07, 6.45) is 0. The summed E-state index contributed by atoms with van der Waals surface area (Å²) in [6.45, 7) is 4.51. The molecule has 3 rings (SSSR count). The largest absolute Gasteiger partial charge is 0.493 e. The monoisotopic (exact) mass is 310 g/mol. The van der Waals surface area contributed by atoms with Gasteiger partial charge in [-0.15, -0.1) is 0 Å². The summed E-state index contributed by atoms with van der Waals surface area (Å²) in [5.74, 6) is 2.36. The van der Waals surface area contributed by atoms with Crippen molar-refractivity contribution in [2.24, 2.45) is 0 Å². The molecule has 0 atom stereocenters. The first-order valence-electron chi connectivity index (χ1n) is 7.43. The highest BCUT2D eigenvalue weighted by Crippen LogP contribution is 2.32. The van der Waals surface area contributed by atoms with Crippen molar-refractivity contribution in [1.29, 1.82) is 0 Å². The van der Waals surface area contributed by atoms with Crippen LogP contribution in [-0.2, 0) is 0 Å². The van der Waals surface area contributed by atoms with Crippen LogP contribution in [0.5, 0.6) is 11.5 Å². The second kappa shape index (κ2) is 6.52. The topological polar surface area (TPSA) is 57.4 Å². The molecule has 1 heterocycles. The van der Waals surface area contributed by atoms with Gasteiger partial charge >= 0.3 is 0 Å². The van der Waals surface area contributed by atoms with E-state index in [1.54, 1.807) is 7.11 Å². The molecule has 5 heteroatoms. The molecule has 0 fully saturated rings. The number of benzene rings is 2. The van der Waals surface area contributed by atoms with Gasteiger partial charge in [0.25, 0.3) is 5.89 Å². The van der Waals surface area contributed by atoms with Crippen molar-refractivity contribution in [3.8, 4) is 34.3 Å². The summed E-state index contributed by atoms with van der Waals surface area (Å²) in [5.41, 5.74) is 2.87. The second-order valence-corrected chi connectivity index (χ2v) is 5.09. The van der Waals surface area contributed by atoms with E-state index >= 15 is 0 Å². The highest BCUT2D eigenvalue weighted by Gasteiger charge is 2.13. The maximum atomic E-state index is 5.59. The summed E-state index contributed by atoms with van der Waals surface area (Å²) >= 11 is 0. The average molecular weight is 310 g/mol. The van der Waals surface area contributed by atoms with Crippen LogP contribution in [0.15, 0.2) is 47.0 Å². The fraction of sp³-hybridized carbons (Fsp3) is 0.222. The van der Waals surface area contributed by atoms with E-state index in [1.165, 1.54) is 0 Å². The molecule has 0 radical (unpaired) electrons. The standard InChI is InChI=1S/C18H18N2O3/c1-4-22-16-11-13(8-9-15(16)21-3)17-19-18(23-20-17)14-7-5-6-12(2)10-14/h5-11H,4H2,1-3H3. The zero-order valence-electron chi connectivity index (χ0n) is 13.4. The average Bonchev–Trinajstić information content (AvgIpc) is 3.05. The van der Waals surface area contributed by atoms with E-state index in [1.807, 2.05) is 56.3 Å². The Morgan fingerprint density at radius 2 is 1.91 bits per heavy atom. The van der Waals surface area contributed by atoms with Crippen LogP contribution in [0.1, 0.15) is 12.5 Å². The number of aromatic nitrogens is 2. The fourth-order valence-electron chi connectivity index (χ4n) is 2.32. The second-order valence-electron chi connectivity index (χ2n) is 5.09. The minimum Gasteiger partial charge on any atom is -0.493 e. The molecule has 2 aromatic carbocycles. The van der Waals surface area contributed by atoms with Crippen LogP contribution in [0.25, 0.3) is 22.8 Å². The van der Waals surface area contributed by atoms with Gasteiger partial charge in [0.15, 0.2) is 11.5 Å². The quantitative estimate of drug-likeness (QED) is 0.709. The lowest BCUT2D eigenvalue weighted by atomic mass is 10.1. The van der Waals surface area contributed by atoms with Crippen LogP contribution in [0, 0.1) is 6.92 Å². The Bertz CT molecular complexity index is 812. The zero-order valence-corrected chi connectivity index (χ0v) is 13.4. The van der Waals surface area contributed by atoms with E-state index in [0.29, 0.717) is 29.8 Å². The molecule has 0 aliphatic heterocycles. The van der Waals surface area contributed by atoms with Gasteiger partial charge in [-0.25, -0.2) is 0 Å². The molecule has 0 unspecified atom stereocenters. The number of ether oxygens (including phenoxy) is 2. The van der Waals surface area contributed by atoms with Gasteiger partial charge < -0.3 is 14.0 Å². The van der Waals surface area contributed by atoms with E-state index in [-0.39, 0.29) is 0 Å². The van der Waals surface area contributed by atoms with Gasteiger partial charge in [-0.05, 0) is 44.2 Å². The first kappa shape index (κ1) is 15.1. The Morgan fingerprint density at radius 1 is 1.04 bits per heavy atom. The molecule has 0 amide bonds. The van der Waals surface area contributed by atoms with Gasteiger partial charge in [-0.3, -0.25) is 0 Å². The maximum absolute atomic E-state index is 5.59. The third kappa shape index (κ3) is 3.18. The molecule has 23 heavy (non-hydrogen) atoms. The van der Waals surface area contributed by atoms with Crippen LogP contribution in [0.2, 0.25) is 0 Å². The van der Waals surface area contributed by atoms with Crippen LogP contribution in [-0.4, -0.2) is 23.9 Å². The zero-order chi connectivity index (χ0) is 16.2. The number of rotatable bonds is 5. The van der Waals surface area contributed by atoms with Crippen molar-refractivity contribution in [2.45, 2.75) is 13.8 Å². The summed E-state index contributed by atoms with van der Waals surface area (Å²) in [5, 5.41) is 4.07. The van der Waals surface area contributed by atoms with Crippen molar-refractivity contribution in [1.82, 2.24) is 10.1 Å². The van der Waals surface area contributed by atoms with E-state index in [4.69, 9.17) is 14.0 Å². The summed E-state index contributed by atoms with van der Waals surface area (Å²) < 4.78 is 16.3. The van der Waals surface area contributed by atoms with Crippen molar-refractivity contribution in [2.75, 3.05) is 13.7 Å². The lowest BCUT2D eigenvalue weighted by Crippen LogP contribution is -1.95. The smallest absolute Gasteiger partial charge is 0.258 e. The van der Waals surface area contributed by atoms with Gasteiger partial charge in [0.1, 0.15) is 0 Å². The van der Waals surface area contributed by atoms with E-state index in [2.05, 4.69) is 10.1 Å². The molecular weight excluding hydrogens is 292 g/mol. The van der Waals surface area contributed by atoms with Gasteiger partial charge in [0, 0.05) is 11.1 Å². The van der Waals surface area contributed by atoms with E-state index < -0.39 is 0 Å². The van der Waals surface area contributed by atoms with Crippen molar-refractivity contribution in [3.05, 3.63) is 48.0 Å². The van der Waals surface area contributed by atoms with Gasteiger partial charge in [-0.1, -0.05) is 22.9 Å². The third-order valence-corrected chi connectivity index (χ3v) is 3.41. The molecule has 0 aliphatic rings.